The highest BCUT2D eigenvalue weighted by Gasteiger charge is 2.14. The minimum Gasteiger partial charge on any atom is -0.149 e. The van der Waals surface area contributed by atoms with Crippen LogP contribution >= 0.6 is 23.1 Å². The Kier molecular flexibility index (Phi) is 5.53. The Morgan fingerprint density at radius 3 is 2.42 bits per heavy atom. The standard InChI is InChI=1S/C17H22S2/c1-13(2)11-17(12-16-5-4-10-18-16)19-15-8-6-14(3)7-9-15/h4-10,13,17H,11-12H2,1-3H3. The van der Waals surface area contributed by atoms with Crippen molar-refractivity contribution in [1.29, 1.82) is 0 Å². The second-order valence-electron chi connectivity index (χ2n) is 5.47. The van der Waals surface area contributed by atoms with Gasteiger partial charge in [0.05, 0.1) is 0 Å². The van der Waals surface area contributed by atoms with Crippen LogP contribution < -0.4 is 0 Å². The molecule has 0 bridgehead atoms. The van der Waals surface area contributed by atoms with E-state index in [2.05, 4.69) is 62.5 Å². The van der Waals surface area contributed by atoms with Crippen LogP contribution in [-0.4, -0.2) is 5.25 Å². The lowest BCUT2D eigenvalue weighted by Gasteiger charge is -2.18. The summed E-state index contributed by atoms with van der Waals surface area (Å²) in [5, 5.41) is 2.86. The maximum absolute atomic E-state index is 2.32. The summed E-state index contributed by atoms with van der Waals surface area (Å²) < 4.78 is 0. The lowest BCUT2D eigenvalue weighted by atomic mass is 10.1. The molecule has 0 aliphatic carbocycles. The minimum absolute atomic E-state index is 0.682. The van der Waals surface area contributed by atoms with Crippen molar-refractivity contribution in [1.82, 2.24) is 0 Å². The average molecular weight is 290 g/mol. The Morgan fingerprint density at radius 2 is 1.84 bits per heavy atom. The van der Waals surface area contributed by atoms with Crippen molar-refractivity contribution < 1.29 is 0 Å². The predicted molar refractivity (Wildman–Crippen MR) is 88.3 cm³/mol. The van der Waals surface area contributed by atoms with Gasteiger partial charge in [0, 0.05) is 15.0 Å². The first-order valence-corrected chi connectivity index (χ1v) is 8.65. The summed E-state index contributed by atoms with van der Waals surface area (Å²) in [7, 11) is 0. The molecule has 19 heavy (non-hydrogen) atoms. The third kappa shape index (κ3) is 5.04. The Morgan fingerprint density at radius 1 is 1.11 bits per heavy atom. The molecule has 2 rings (SSSR count). The van der Waals surface area contributed by atoms with E-state index in [1.54, 1.807) is 0 Å². The van der Waals surface area contributed by atoms with Crippen molar-refractivity contribution in [2.45, 2.75) is 43.8 Å². The molecule has 0 aliphatic rings. The summed E-state index contributed by atoms with van der Waals surface area (Å²) in [6.45, 7) is 6.78. The summed E-state index contributed by atoms with van der Waals surface area (Å²) in [5.41, 5.74) is 1.34. The molecule has 0 amide bonds. The molecule has 102 valence electrons. The largest absolute Gasteiger partial charge is 0.149 e. The first kappa shape index (κ1) is 14.7. The van der Waals surface area contributed by atoms with E-state index in [1.165, 1.54) is 28.2 Å². The third-order valence-corrected chi connectivity index (χ3v) is 5.20. The quantitative estimate of drug-likeness (QED) is 0.605. The molecule has 0 fully saturated rings. The van der Waals surface area contributed by atoms with Gasteiger partial charge in [-0.3, -0.25) is 0 Å². The van der Waals surface area contributed by atoms with Crippen LogP contribution in [0.4, 0.5) is 0 Å². The van der Waals surface area contributed by atoms with Crippen LogP contribution in [-0.2, 0) is 6.42 Å². The highest BCUT2D eigenvalue weighted by molar-refractivity contribution is 8.00. The number of rotatable bonds is 6. The molecule has 1 aromatic heterocycles. The van der Waals surface area contributed by atoms with Crippen LogP contribution in [0.3, 0.4) is 0 Å². The van der Waals surface area contributed by atoms with Gasteiger partial charge in [0.15, 0.2) is 0 Å². The molecule has 0 saturated carbocycles. The molecule has 0 N–H and O–H groups in total. The van der Waals surface area contributed by atoms with Crippen LogP contribution in [0.1, 0.15) is 30.7 Å². The number of hydrogen-bond acceptors (Lipinski definition) is 2. The Balaban J connectivity index is 2.02. The second-order valence-corrected chi connectivity index (χ2v) is 7.87. The molecule has 0 saturated heterocycles. The molecule has 1 atom stereocenters. The molecule has 1 aromatic carbocycles. The number of hydrogen-bond donors (Lipinski definition) is 0. The number of aryl methyl sites for hydroxylation is 1. The van der Waals surface area contributed by atoms with E-state index >= 15 is 0 Å². The van der Waals surface area contributed by atoms with E-state index in [-0.39, 0.29) is 0 Å². The van der Waals surface area contributed by atoms with Gasteiger partial charge in [-0.15, -0.1) is 23.1 Å². The zero-order valence-corrected chi connectivity index (χ0v) is 13.6. The van der Waals surface area contributed by atoms with Crippen molar-refractivity contribution in [2.24, 2.45) is 5.92 Å². The summed E-state index contributed by atoms with van der Waals surface area (Å²) in [6.07, 6.45) is 2.46. The summed E-state index contributed by atoms with van der Waals surface area (Å²) in [6, 6.07) is 13.3. The van der Waals surface area contributed by atoms with E-state index in [0.717, 1.165) is 5.92 Å². The van der Waals surface area contributed by atoms with Gasteiger partial charge in [-0.25, -0.2) is 0 Å². The number of benzene rings is 1. The van der Waals surface area contributed by atoms with Crippen molar-refractivity contribution in [2.75, 3.05) is 0 Å². The van der Waals surface area contributed by atoms with Crippen LogP contribution in [0.25, 0.3) is 0 Å². The molecule has 0 aliphatic heterocycles. The van der Waals surface area contributed by atoms with Crippen LogP contribution in [0.15, 0.2) is 46.7 Å². The van der Waals surface area contributed by atoms with Gasteiger partial charge < -0.3 is 0 Å². The number of thioether (sulfide) groups is 1. The van der Waals surface area contributed by atoms with Gasteiger partial charge in [0.2, 0.25) is 0 Å². The molecule has 2 aromatic rings. The Labute approximate surface area is 125 Å². The predicted octanol–water partition coefficient (Wildman–Crippen LogP) is 5.81. The van der Waals surface area contributed by atoms with Gasteiger partial charge >= 0.3 is 0 Å². The summed E-state index contributed by atoms with van der Waals surface area (Å²) >= 11 is 3.91. The van der Waals surface area contributed by atoms with Gasteiger partial charge in [-0.2, -0.15) is 0 Å². The van der Waals surface area contributed by atoms with E-state index in [1.807, 2.05) is 23.1 Å². The zero-order valence-electron chi connectivity index (χ0n) is 11.9. The topological polar surface area (TPSA) is 0 Å². The van der Waals surface area contributed by atoms with Gasteiger partial charge in [-0.1, -0.05) is 37.6 Å². The monoisotopic (exact) mass is 290 g/mol. The fourth-order valence-electron chi connectivity index (χ4n) is 2.16. The molecule has 2 heteroatoms. The van der Waals surface area contributed by atoms with Gasteiger partial charge in [0.1, 0.15) is 0 Å². The Hall–Kier alpha value is -0.730. The molecule has 0 nitrogen and oxygen atoms in total. The van der Waals surface area contributed by atoms with Crippen molar-refractivity contribution in [3.05, 3.63) is 52.2 Å². The first-order chi connectivity index (χ1) is 9.13. The molecule has 0 spiro atoms. The summed E-state index contributed by atoms with van der Waals surface area (Å²) in [4.78, 5) is 2.90. The lowest BCUT2D eigenvalue weighted by Crippen LogP contribution is -2.09. The minimum atomic E-state index is 0.682. The zero-order chi connectivity index (χ0) is 13.7. The highest BCUT2D eigenvalue weighted by Crippen LogP contribution is 2.31. The molecule has 1 unspecified atom stereocenters. The fourth-order valence-corrected chi connectivity index (χ4v) is 4.48. The second kappa shape index (κ2) is 7.16. The Bertz CT molecular complexity index is 468. The lowest BCUT2D eigenvalue weighted by molar-refractivity contribution is 0.567. The van der Waals surface area contributed by atoms with Crippen molar-refractivity contribution in [3.63, 3.8) is 0 Å². The summed E-state index contributed by atoms with van der Waals surface area (Å²) in [5.74, 6) is 0.753. The molecule has 0 radical (unpaired) electrons. The SMILES string of the molecule is Cc1ccc(SC(Cc2cccs2)CC(C)C)cc1. The van der Waals surface area contributed by atoms with Crippen molar-refractivity contribution in [3.8, 4) is 0 Å². The molecular formula is C17H22S2. The van der Waals surface area contributed by atoms with E-state index in [9.17, 15) is 0 Å². The smallest absolute Gasteiger partial charge is 0.0145 e. The van der Waals surface area contributed by atoms with E-state index < -0.39 is 0 Å². The normalized spacial score (nSPS) is 12.8. The maximum atomic E-state index is 2.32. The van der Waals surface area contributed by atoms with E-state index in [4.69, 9.17) is 0 Å². The van der Waals surface area contributed by atoms with Gasteiger partial charge in [-0.05, 0) is 49.3 Å². The first-order valence-electron chi connectivity index (χ1n) is 6.89. The van der Waals surface area contributed by atoms with Crippen LogP contribution in [0.2, 0.25) is 0 Å². The number of thiophene rings is 1. The molecule has 1 heterocycles. The highest BCUT2D eigenvalue weighted by atomic mass is 32.2. The average Bonchev–Trinajstić information content (AvgIpc) is 2.84. The van der Waals surface area contributed by atoms with Crippen LogP contribution in [0.5, 0.6) is 0 Å². The van der Waals surface area contributed by atoms with E-state index in [0.29, 0.717) is 5.25 Å². The van der Waals surface area contributed by atoms with Gasteiger partial charge in [0.25, 0.3) is 0 Å². The maximum Gasteiger partial charge on any atom is 0.0145 e. The van der Waals surface area contributed by atoms with Crippen molar-refractivity contribution >= 4 is 23.1 Å². The molecular weight excluding hydrogens is 268 g/mol. The fraction of sp³-hybridized carbons (Fsp3) is 0.412. The van der Waals surface area contributed by atoms with Crippen LogP contribution in [0, 0.1) is 12.8 Å². The third-order valence-electron chi connectivity index (χ3n) is 3.07.